The average molecular weight is 347 g/mol. The Bertz CT molecular complexity index is 1050. The van der Waals surface area contributed by atoms with Gasteiger partial charge < -0.3 is 15.6 Å². The lowest BCUT2D eigenvalue weighted by Gasteiger charge is -2.10. The Kier molecular flexibility index (Phi) is 4.05. The standard InChI is InChI=1S/C16H11F2N3O4/c17-9-4-3-8(11(18)6-9)7-20-15(23)12-13(22)10-2-1-5-19-14(10)21(25)16(12)24/h1-6,22,25H,7H2,(H,20,23). The topological polar surface area (TPSA) is 104 Å². The number of hydrogen-bond acceptors (Lipinski definition) is 5. The largest absolute Gasteiger partial charge is 0.506 e. The summed E-state index contributed by atoms with van der Waals surface area (Å²) in [6.07, 6.45) is 1.30. The van der Waals surface area contributed by atoms with Crippen LogP contribution in [0.25, 0.3) is 11.0 Å². The third-order valence-corrected chi connectivity index (χ3v) is 3.57. The summed E-state index contributed by atoms with van der Waals surface area (Å²) < 4.78 is 26.6. The molecule has 3 rings (SSSR count). The number of rotatable bonds is 3. The zero-order valence-electron chi connectivity index (χ0n) is 12.5. The van der Waals surface area contributed by atoms with Crippen LogP contribution < -0.4 is 10.9 Å². The Morgan fingerprint density at radius 2 is 2.04 bits per heavy atom. The van der Waals surface area contributed by atoms with Crippen LogP contribution in [0, 0.1) is 11.6 Å². The zero-order chi connectivity index (χ0) is 18.1. The predicted molar refractivity (Wildman–Crippen MR) is 82.4 cm³/mol. The van der Waals surface area contributed by atoms with Crippen molar-refractivity contribution in [3.63, 3.8) is 0 Å². The second-order valence-corrected chi connectivity index (χ2v) is 5.13. The van der Waals surface area contributed by atoms with E-state index in [1.54, 1.807) is 0 Å². The number of benzene rings is 1. The molecular formula is C16H11F2N3O4. The molecule has 0 unspecified atom stereocenters. The second kappa shape index (κ2) is 6.19. The first-order valence-corrected chi connectivity index (χ1v) is 7.04. The molecule has 1 aromatic carbocycles. The number of pyridine rings is 2. The number of halogens is 2. The third-order valence-electron chi connectivity index (χ3n) is 3.57. The van der Waals surface area contributed by atoms with Gasteiger partial charge in [0, 0.05) is 24.4 Å². The highest BCUT2D eigenvalue weighted by atomic mass is 19.1. The summed E-state index contributed by atoms with van der Waals surface area (Å²) in [6.45, 7) is -0.347. The van der Waals surface area contributed by atoms with Crippen molar-refractivity contribution in [3.05, 3.63) is 69.6 Å². The van der Waals surface area contributed by atoms with E-state index in [9.17, 15) is 28.7 Å². The van der Waals surface area contributed by atoms with Crippen molar-refractivity contribution in [2.24, 2.45) is 0 Å². The number of nitrogens with zero attached hydrogens (tertiary/aromatic N) is 2. The van der Waals surface area contributed by atoms with Crippen molar-refractivity contribution in [2.75, 3.05) is 0 Å². The van der Waals surface area contributed by atoms with Gasteiger partial charge in [0.05, 0.1) is 5.39 Å². The van der Waals surface area contributed by atoms with Crippen molar-refractivity contribution in [2.45, 2.75) is 6.54 Å². The summed E-state index contributed by atoms with van der Waals surface area (Å²) in [5.41, 5.74) is -2.13. The molecule has 2 heterocycles. The molecule has 0 bridgehead atoms. The maximum absolute atomic E-state index is 13.6. The summed E-state index contributed by atoms with van der Waals surface area (Å²) >= 11 is 0. The molecule has 128 valence electrons. The van der Waals surface area contributed by atoms with E-state index in [0.29, 0.717) is 6.07 Å². The van der Waals surface area contributed by atoms with Gasteiger partial charge in [-0.15, -0.1) is 4.73 Å². The number of aromatic hydroxyl groups is 1. The van der Waals surface area contributed by atoms with E-state index in [2.05, 4.69) is 10.3 Å². The molecule has 0 saturated heterocycles. The molecule has 0 atom stereocenters. The van der Waals surface area contributed by atoms with E-state index in [1.165, 1.54) is 18.3 Å². The number of amides is 1. The van der Waals surface area contributed by atoms with Gasteiger partial charge >= 0.3 is 5.56 Å². The smallest absolute Gasteiger partial charge is 0.301 e. The van der Waals surface area contributed by atoms with Gasteiger partial charge in [-0.1, -0.05) is 6.07 Å². The lowest BCUT2D eigenvalue weighted by atomic mass is 10.1. The van der Waals surface area contributed by atoms with Crippen LogP contribution in [-0.2, 0) is 6.54 Å². The number of fused-ring (bicyclic) bond motifs is 1. The molecule has 25 heavy (non-hydrogen) atoms. The summed E-state index contributed by atoms with van der Waals surface area (Å²) in [6, 6.07) is 5.62. The molecule has 0 aliphatic heterocycles. The van der Waals surface area contributed by atoms with E-state index >= 15 is 0 Å². The molecule has 0 spiro atoms. The Labute approximate surface area is 138 Å². The SMILES string of the molecule is O=C(NCc1ccc(F)cc1F)c1c(O)c2cccnc2n(O)c1=O. The van der Waals surface area contributed by atoms with Crippen molar-refractivity contribution in [1.82, 2.24) is 15.0 Å². The summed E-state index contributed by atoms with van der Waals surface area (Å²) in [5, 5.41) is 22.2. The molecule has 0 saturated carbocycles. The number of carbonyl (C=O) groups is 1. The van der Waals surface area contributed by atoms with Gasteiger partial charge in [0.2, 0.25) is 0 Å². The molecular weight excluding hydrogens is 336 g/mol. The maximum Gasteiger partial charge on any atom is 0.301 e. The summed E-state index contributed by atoms with van der Waals surface area (Å²) in [7, 11) is 0. The monoisotopic (exact) mass is 347 g/mol. The van der Waals surface area contributed by atoms with Gasteiger partial charge in [-0.3, -0.25) is 9.59 Å². The molecule has 3 N–H and O–H groups in total. The zero-order valence-corrected chi connectivity index (χ0v) is 12.5. The third kappa shape index (κ3) is 2.87. The highest BCUT2D eigenvalue weighted by molar-refractivity contribution is 6.01. The fourth-order valence-electron chi connectivity index (χ4n) is 2.32. The first kappa shape index (κ1) is 16.4. The first-order valence-electron chi connectivity index (χ1n) is 7.04. The summed E-state index contributed by atoms with van der Waals surface area (Å²) in [5.74, 6) is -3.32. The molecule has 0 radical (unpaired) electrons. The van der Waals surface area contributed by atoms with Gasteiger partial charge in [-0.25, -0.2) is 13.8 Å². The Morgan fingerprint density at radius 3 is 2.76 bits per heavy atom. The average Bonchev–Trinajstić information content (AvgIpc) is 2.59. The molecule has 3 aromatic rings. The summed E-state index contributed by atoms with van der Waals surface area (Å²) in [4.78, 5) is 28.1. The van der Waals surface area contributed by atoms with Gasteiger partial charge in [0.15, 0.2) is 11.2 Å². The Hall–Kier alpha value is -3.49. The molecule has 1 amide bonds. The van der Waals surface area contributed by atoms with E-state index in [4.69, 9.17) is 0 Å². The minimum absolute atomic E-state index is 0.0114. The lowest BCUT2D eigenvalue weighted by molar-refractivity contribution is 0.0940. The van der Waals surface area contributed by atoms with Crippen LogP contribution in [0.3, 0.4) is 0 Å². The van der Waals surface area contributed by atoms with E-state index < -0.39 is 34.4 Å². The lowest BCUT2D eigenvalue weighted by Crippen LogP contribution is -2.33. The number of aromatic nitrogens is 2. The second-order valence-electron chi connectivity index (χ2n) is 5.13. The molecule has 7 nitrogen and oxygen atoms in total. The Morgan fingerprint density at radius 1 is 1.28 bits per heavy atom. The van der Waals surface area contributed by atoms with Crippen LogP contribution in [0.2, 0.25) is 0 Å². The quantitative estimate of drug-likeness (QED) is 0.624. The first-order chi connectivity index (χ1) is 11.9. The minimum Gasteiger partial charge on any atom is -0.506 e. The van der Waals surface area contributed by atoms with E-state index in [-0.39, 0.29) is 27.9 Å². The van der Waals surface area contributed by atoms with Crippen LogP contribution in [0.1, 0.15) is 15.9 Å². The van der Waals surface area contributed by atoms with Crippen LogP contribution in [0.15, 0.2) is 41.3 Å². The van der Waals surface area contributed by atoms with E-state index in [0.717, 1.165) is 12.1 Å². The highest BCUT2D eigenvalue weighted by Crippen LogP contribution is 2.24. The van der Waals surface area contributed by atoms with Crippen LogP contribution in [0.5, 0.6) is 5.75 Å². The van der Waals surface area contributed by atoms with Gasteiger partial charge in [0.1, 0.15) is 17.4 Å². The molecule has 2 aromatic heterocycles. The van der Waals surface area contributed by atoms with Crippen molar-refractivity contribution in [1.29, 1.82) is 0 Å². The maximum atomic E-state index is 13.6. The van der Waals surface area contributed by atoms with E-state index in [1.807, 2.05) is 0 Å². The van der Waals surface area contributed by atoms with Gasteiger partial charge in [-0.05, 0) is 18.2 Å². The molecule has 0 aliphatic carbocycles. The number of nitrogens with one attached hydrogen (secondary N) is 1. The number of hydrogen-bond donors (Lipinski definition) is 3. The fourth-order valence-corrected chi connectivity index (χ4v) is 2.32. The number of carbonyl (C=O) groups excluding carboxylic acids is 1. The fraction of sp³-hybridized carbons (Fsp3) is 0.0625. The van der Waals surface area contributed by atoms with Crippen LogP contribution in [-0.4, -0.2) is 25.9 Å². The van der Waals surface area contributed by atoms with Crippen molar-refractivity contribution in [3.8, 4) is 5.75 Å². The van der Waals surface area contributed by atoms with Crippen LogP contribution in [0.4, 0.5) is 8.78 Å². The predicted octanol–water partition coefficient (Wildman–Crippen LogP) is 1.55. The van der Waals surface area contributed by atoms with Crippen molar-refractivity contribution >= 4 is 16.9 Å². The van der Waals surface area contributed by atoms with Gasteiger partial charge in [-0.2, -0.15) is 0 Å². The highest BCUT2D eigenvalue weighted by Gasteiger charge is 2.22. The molecule has 0 aliphatic rings. The molecule has 9 heteroatoms. The molecule has 0 fully saturated rings. The Balaban J connectivity index is 1.96. The van der Waals surface area contributed by atoms with Gasteiger partial charge in [0.25, 0.3) is 5.91 Å². The minimum atomic E-state index is -1.18. The normalized spacial score (nSPS) is 10.8. The van der Waals surface area contributed by atoms with Crippen LogP contribution >= 0.6 is 0 Å². The van der Waals surface area contributed by atoms with Crippen molar-refractivity contribution < 1.29 is 23.9 Å².